The van der Waals surface area contributed by atoms with Crippen molar-refractivity contribution in [2.24, 2.45) is 7.05 Å². The van der Waals surface area contributed by atoms with Crippen molar-refractivity contribution in [1.29, 1.82) is 0 Å². The monoisotopic (exact) mass is 312 g/mol. The van der Waals surface area contributed by atoms with Crippen molar-refractivity contribution in [2.45, 2.75) is 20.1 Å². The number of methoxy groups -OCH3 is 1. The first-order valence-corrected chi connectivity index (χ1v) is 7.44. The molecule has 0 atom stereocenters. The highest BCUT2D eigenvalue weighted by Gasteiger charge is 2.10. The summed E-state index contributed by atoms with van der Waals surface area (Å²) < 4.78 is 12.0. The summed E-state index contributed by atoms with van der Waals surface area (Å²) in [5.41, 5.74) is 4.13. The van der Waals surface area contributed by atoms with E-state index in [1.807, 2.05) is 36.0 Å². The molecule has 0 saturated heterocycles. The molecule has 0 unspecified atom stereocenters. The number of aromatic nitrogens is 3. The Balaban J connectivity index is 1.72. The molecule has 0 radical (unpaired) electrons. The Morgan fingerprint density at radius 3 is 2.87 bits per heavy atom. The van der Waals surface area contributed by atoms with Crippen LogP contribution in [0, 0.1) is 6.92 Å². The number of hydrogen-bond donors (Lipinski definition) is 1. The second-order valence-electron chi connectivity index (χ2n) is 5.42. The Labute approximate surface area is 135 Å². The third-order valence-electron chi connectivity index (χ3n) is 3.65. The van der Waals surface area contributed by atoms with Crippen LogP contribution in [0.4, 0.5) is 5.82 Å². The zero-order chi connectivity index (χ0) is 16.2. The van der Waals surface area contributed by atoms with E-state index in [4.69, 9.17) is 9.26 Å². The van der Waals surface area contributed by atoms with Crippen LogP contribution in [0.3, 0.4) is 0 Å². The largest absolute Gasteiger partial charge is 0.377 e. The molecule has 0 spiro atoms. The number of nitrogens with zero attached hydrogens (tertiary/aromatic N) is 3. The van der Waals surface area contributed by atoms with Crippen LogP contribution in [0.1, 0.15) is 17.0 Å². The Kier molecular flexibility index (Phi) is 4.43. The maximum Gasteiger partial charge on any atom is 0.162 e. The van der Waals surface area contributed by atoms with Gasteiger partial charge in [-0.1, -0.05) is 29.4 Å². The molecule has 0 saturated carbocycles. The first-order chi connectivity index (χ1) is 11.2. The molecule has 3 rings (SSSR count). The van der Waals surface area contributed by atoms with Gasteiger partial charge in [0.05, 0.1) is 12.2 Å². The number of hydrogen-bond acceptors (Lipinski definition) is 5. The second kappa shape index (κ2) is 6.66. The first-order valence-electron chi connectivity index (χ1n) is 7.44. The van der Waals surface area contributed by atoms with Crippen molar-refractivity contribution in [3.63, 3.8) is 0 Å². The molecule has 1 N–H and O–H groups in total. The van der Waals surface area contributed by atoms with E-state index in [2.05, 4.69) is 34.6 Å². The lowest BCUT2D eigenvalue weighted by Gasteiger charge is -2.02. The quantitative estimate of drug-likeness (QED) is 0.757. The molecular weight excluding hydrogens is 292 g/mol. The molecule has 0 amide bonds. The van der Waals surface area contributed by atoms with Gasteiger partial charge < -0.3 is 14.6 Å². The normalized spacial score (nSPS) is 10.9. The minimum absolute atomic E-state index is 0.427. The van der Waals surface area contributed by atoms with Gasteiger partial charge in [0.2, 0.25) is 0 Å². The Morgan fingerprint density at radius 2 is 2.09 bits per heavy atom. The Morgan fingerprint density at radius 1 is 1.26 bits per heavy atom. The first kappa shape index (κ1) is 15.3. The fourth-order valence-corrected chi connectivity index (χ4v) is 2.46. The highest BCUT2D eigenvalue weighted by molar-refractivity contribution is 5.66. The topological polar surface area (TPSA) is 65.1 Å². The number of nitrogens with one attached hydrogen (secondary N) is 1. The molecule has 0 aliphatic carbocycles. The van der Waals surface area contributed by atoms with Crippen molar-refractivity contribution in [1.82, 2.24) is 14.9 Å². The number of benzene rings is 1. The van der Waals surface area contributed by atoms with Crippen molar-refractivity contribution < 1.29 is 9.26 Å². The van der Waals surface area contributed by atoms with Crippen molar-refractivity contribution in [3.05, 3.63) is 53.4 Å². The van der Waals surface area contributed by atoms with E-state index >= 15 is 0 Å². The zero-order valence-electron chi connectivity index (χ0n) is 13.5. The van der Waals surface area contributed by atoms with Gasteiger partial charge in [0.1, 0.15) is 18.1 Å². The molecule has 0 fully saturated rings. The summed E-state index contributed by atoms with van der Waals surface area (Å²) in [5, 5.41) is 11.9. The maximum absolute atomic E-state index is 5.18. The van der Waals surface area contributed by atoms with Gasteiger partial charge in [-0.05, 0) is 12.5 Å². The van der Waals surface area contributed by atoms with Crippen LogP contribution in [0.2, 0.25) is 0 Å². The van der Waals surface area contributed by atoms with Crippen LogP contribution in [0.25, 0.3) is 11.3 Å². The summed E-state index contributed by atoms with van der Waals surface area (Å²) in [5.74, 6) is 1.65. The van der Waals surface area contributed by atoms with Crippen molar-refractivity contribution >= 4 is 5.82 Å². The standard InChI is InChI=1S/C17H20N4O2/c1-12-6-4-5-7-15(12)16-9-17(21(2)19-16)18-10-13-8-14(11-22-3)23-20-13/h4-9,18H,10-11H2,1-3H3. The number of ether oxygens (including phenoxy) is 1. The van der Waals surface area contributed by atoms with Gasteiger partial charge in [0.25, 0.3) is 0 Å². The smallest absolute Gasteiger partial charge is 0.162 e. The van der Waals surface area contributed by atoms with Crippen LogP contribution in [0.5, 0.6) is 0 Å². The van der Waals surface area contributed by atoms with Crippen molar-refractivity contribution in [2.75, 3.05) is 12.4 Å². The molecule has 23 heavy (non-hydrogen) atoms. The van der Waals surface area contributed by atoms with Gasteiger partial charge in [-0.15, -0.1) is 0 Å². The number of anilines is 1. The van der Waals surface area contributed by atoms with Crippen LogP contribution in [0.15, 0.2) is 40.9 Å². The third-order valence-corrected chi connectivity index (χ3v) is 3.65. The van der Waals surface area contributed by atoms with E-state index in [1.165, 1.54) is 5.56 Å². The van der Waals surface area contributed by atoms with E-state index in [1.54, 1.807) is 7.11 Å². The summed E-state index contributed by atoms with van der Waals surface area (Å²) in [4.78, 5) is 0. The van der Waals surface area contributed by atoms with Gasteiger partial charge in [0.15, 0.2) is 5.76 Å². The van der Waals surface area contributed by atoms with Crippen molar-refractivity contribution in [3.8, 4) is 11.3 Å². The van der Waals surface area contributed by atoms with E-state index in [-0.39, 0.29) is 0 Å². The summed E-state index contributed by atoms with van der Waals surface area (Å²) >= 11 is 0. The molecule has 6 heteroatoms. The van der Waals surface area contributed by atoms with E-state index in [9.17, 15) is 0 Å². The highest BCUT2D eigenvalue weighted by atomic mass is 16.5. The molecular formula is C17H20N4O2. The summed E-state index contributed by atoms with van der Waals surface area (Å²) in [6, 6.07) is 12.1. The summed E-state index contributed by atoms with van der Waals surface area (Å²) in [7, 11) is 3.55. The average molecular weight is 312 g/mol. The lowest BCUT2D eigenvalue weighted by atomic mass is 10.1. The zero-order valence-corrected chi connectivity index (χ0v) is 13.5. The molecule has 3 aromatic rings. The lowest BCUT2D eigenvalue weighted by molar-refractivity contribution is 0.156. The van der Waals surface area contributed by atoms with Crippen LogP contribution in [-0.4, -0.2) is 22.0 Å². The SMILES string of the molecule is COCc1cc(CNc2cc(-c3ccccc3C)nn2C)no1. The Bertz CT molecular complexity index is 791. The van der Waals surface area contributed by atoms with Gasteiger partial charge in [-0.2, -0.15) is 5.10 Å². The predicted molar refractivity (Wildman–Crippen MR) is 87.9 cm³/mol. The fourth-order valence-electron chi connectivity index (χ4n) is 2.46. The molecule has 2 heterocycles. The number of rotatable bonds is 6. The van der Waals surface area contributed by atoms with E-state index in [0.717, 1.165) is 28.5 Å². The highest BCUT2D eigenvalue weighted by Crippen LogP contribution is 2.24. The predicted octanol–water partition coefficient (Wildman–Crippen LogP) is 3.14. The van der Waals surface area contributed by atoms with Gasteiger partial charge in [0, 0.05) is 31.9 Å². The molecule has 0 aliphatic rings. The lowest BCUT2D eigenvalue weighted by Crippen LogP contribution is -2.04. The summed E-state index contributed by atoms with van der Waals surface area (Å²) in [6.45, 7) is 3.08. The Hall–Kier alpha value is -2.60. The van der Waals surface area contributed by atoms with E-state index in [0.29, 0.717) is 13.2 Å². The third kappa shape index (κ3) is 3.43. The van der Waals surface area contributed by atoms with Gasteiger partial charge in [-0.25, -0.2) is 0 Å². The van der Waals surface area contributed by atoms with Gasteiger partial charge >= 0.3 is 0 Å². The molecule has 6 nitrogen and oxygen atoms in total. The molecule has 120 valence electrons. The maximum atomic E-state index is 5.18. The fraction of sp³-hybridized carbons (Fsp3) is 0.294. The van der Waals surface area contributed by atoms with Gasteiger partial charge in [-0.3, -0.25) is 4.68 Å². The minimum Gasteiger partial charge on any atom is -0.377 e. The average Bonchev–Trinajstić information content (AvgIpc) is 3.13. The minimum atomic E-state index is 0.427. The molecule has 0 aliphatic heterocycles. The van der Waals surface area contributed by atoms with E-state index < -0.39 is 0 Å². The van der Waals surface area contributed by atoms with Crippen LogP contribution >= 0.6 is 0 Å². The molecule has 2 aromatic heterocycles. The molecule has 0 bridgehead atoms. The van der Waals surface area contributed by atoms with Crippen LogP contribution < -0.4 is 5.32 Å². The number of aryl methyl sites for hydroxylation is 2. The second-order valence-corrected chi connectivity index (χ2v) is 5.42. The molecule has 1 aromatic carbocycles. The van der Waals surface area contributed by atoms with Crippen LogP contribution in [-0.2, 0) is 24.9 Å². The summed E-state index contributed by atoms with van der Waals surface area (Å²) in [6.07, 6.45) is 0.